The van der Waals surface area contributed by atoms with Gasteiger partial charge >= 0.3 is 0 Å². The number of nitrogens with one attached hydrogen (secondary N) is 1. The van der Waals surface area contributed by atoms with Crippen LogP contribution >= 0.6 is 0 Å². The van der Waals surface area contributed by atoms with Gasteiger partial charge in [-0.1, -0.05) is 13.8 Å². The number of rotatable bonds is 5. The van der Waals surface area contributed by atoms with Gasteiger partial charge in [0.1, 0.15) is 0 Å². The van der Waals surface area contributed by atoms with Gasteiger partial charge in [0.05, 0.1) is 12.2 Å². The molecule has 3 nitrogen and oxygen atoms in total. The summed E-state index contributed by atoms with van der Waals surface area (Å²) >= 11 is 0. The molecule has 1 rings (SSSR count). The molecule has 0 aromatic heterocycles. The molecular formula is C11H23NO2. The molecule has 0 bridgehead atoms. The predicted octanol–water partition coefficient (Wildman–Crippen LogP) is 1.02. The average molecular weight is 201 g/mol. The van der Waals surface area contributed by atoms with Crippen LogP contribution in [0.15, 0.2) is 0 Å². The zero-order valence-electron chi connectivity index (χ0n) is 9.55. The van der Waals surface area contributed by atoms with Crippen molar-refractivity contribution in [2.24, 2.45) is 11.8 Å². The quantitative estimate of drug-likeness (QED) is 0.698. The standard InChI is InChI=1S/C11H23NO2/c1-9(2)11(3,13)8-12-6-10-4-5-14-7-10/h9-10,12-13H,4-8H2,1-3H3. The van der Waals surface area contributed by atoms with Gasteiger partial charge in [-0.25, -0.2) is 0 Å². The molecule has 84 valence electrons. The van der Waals surface area contributed by atoms with Crippen LogP contribution in [0.25, 0.3) is 0 Å². The largest absolute Gasteiger partial charge is 0.389 e. The molecule has 2 unspecified atom stereocenters. The van der Waals surface area contributed by atoms with Gasteiger partial charge in [0.2, 0.25) is 0 Å². The maximum absolute atomic E-state index is 9.97. The Bertz CT molecular complexity index is 163. The molecule has 0 saturated carbocycles. The van der Waals surface area contributed by atoms with Gasteiger partial charge in [-0.3, -0.25) is 0 Å². The van der Waals surface area contributed by atoms with Gasteiger partial charge in [0, 0.05) is 19.7 Å². The van der Waals surface area contributed by atoms with E-state index in [1.54, 1.807) is 0 Å². The van der Waals surface area contributed by atoms with Crippen LogP contribution in [0.5, 0.6) is 0 Å². The normalized spacial score (nSPS) is 26.8. The second-order valence-electron chi connectivity index (χ2n) is 4.87. The number of aliphatic hydroxyl groups is 1. The molecule has 2 atom stereocenters. The Morgan fingerprint density at radius 3 is 2.79 bits per heavy atom. The molecule has 1 aliphatic rings. The van der Waals surface area contributed by atoms with E-state index in [4.69, 9.17) is 4.74 Å². The van der Waals surface area contributed by atoms with Crippen molar-refractivity contribution < 1.29 is 9.84 Å². The van der Waals surface area contributed by atoms with Crippen molar-refractivity contribution in [1.29, 1.82) is 0 Å². The number of hydrogen-bond acceptors (Lipinski definition) is 3. The molecule has 1 aliphatic heterocycles. The van der Waals surface area contributed by atoms with Gasteiger partial charge in [0.25, 0.3) is 0 Å². The molecule has 1 fully saturated rings. The van der Waals surface area contributed by atoms with E-state index in [2.05, 4.69) is 5.32 Å². The maximum Gasteiger partial charge on any atom is 0.0766 e. The molecule has 2 N–H and O–H groups in total. The van der Waals surface area contributed by atoms with E-state index >= 15 is 0 Å². The summed E-state index contributed by atoms with van der Waals surface area (Å²) in [6.45, 7) is 9.37. The summed E-state index contributed by atoms with van der Waals surface area (Å²) in [6.07, 6.45) is 1.15. The first-order chi connectivity index (χ1) is 6.52. The zero-order chi connectivity index (χ0) is 10.6. The lowest BCUT2D eigenvalue weighted by molar-refractivity contribution is 0.0135. The van der Waals surface area contributed by atoms with Crippen molar-refractivity contribution in [3.63, 3.8) is 0 Å². The third-order valence-electron chi connectivity index (χ3n) is 3.18. The van der Waals surface area contributed by atoms with E-state index in [1.807, 2.05) is 20.8 Å². The van der Waals surface area contributed by atoms with Crippen molar-refractivity contribution in [3.8, 4) is 0 Å². The Balaban J connectivity index is 2.13. The predicted molar refractivity (Wildman–Crippen MR) is 57.3 cm³/mol. The fourth-order valence-electron chi connectivity index (χ4n) is 1.48. The van der Waals surface area contributed by atoms with Crippen molar-refractivity contribution >= 4 is 0 Å². The summed E-state index contributed by atoms with van der Waals surface area (Å²) in [5, 5.41) is 13.3. The van der Waals surface area contributed by atoms with Crippen LogP contribution in [-0.2, 0) is 4.74 Å². The Hall–Kier alpha value is -0.120. The fourth-order valence-corrected chi connectivity index (χ4v) is 1.48. The lowest BCUT2D eigenvalue weighted by atomic mass is 9.92. The Kier molecular flexibility index (Phi) is 4.35. The van der Waals surface area contributed by atoms with Crippen molar-refractivity contribution in [2.75, 3.05) is 26.3 Å². The smallest absolute Gasteiger partial charge is 0.0766 e. The maximum atomic E-state index is 9.97. The van der Waals surface area contributed by atoms with Crippen LogP contribution in [0.2, 0.25) is 0 Å². The van der Waals surface area contributed by atoms with E-state index in [9.17, 15) is 5.11 Å². The minimum absolute atomic E-state index is 0.287. The third kappa shape index (κ3) is 3.56. The summed E-state index contributed by atoms with van der Waals surface area (Å²) in [7, 11) is 0. The molecule has 0 radical (unpaired) electrons. The van der Waals surface area contributed by atoms with E-state index in [-0.39, 0.29) is 5.92 Å². The third-order valence-corrected chi connectivity index (χ3v) is 3.18. The average Bonchev–Trinajstić information content (AvgIpc) is 2.56. The summed E-state index contributed by atoms with van der Waals surface area (Å²) in [4.78, 5) is 0. The highest BCUT2D eigenvalue weighted by Crippen LogP contribution is 2.15. The van der Waals surface area contributed by atoms with Crippen LogP contribution in [0.1, 0.15) is 27.2 Å². The molecule has 14 heavy (non-hydrogen) atoms. The molecule has 3 heteroatoms. The SMILES string of the molecule is CC(C)C(C)(O)CNCC1CCOC1. The number of ether oxygens (including phenoxy) is 1. The van der Waals surface area contributed by atoms with Gasteiger partial charge < -0.3 is 15.2 Å². The van der Waals surface area contributed by atoms with Crippen molar-refractivity contribution in [3.05, 3.63) is 0 Å². The summed E-state index contributed by atoms with van der Waals surface area (Å²) in [5.41, 5.74) is -0.598. The lowest BCUT2D eigenvalue weighted by Crippen LogP contribution is -2.43. The first-order valence-electron chi connectivity index (χ1n) is 5.53. The second kappa shape index (κ2) is 5.10. The highest BCUT2D eigenvalue weighted by molar-refractivity contribution is 4.79. The van der Waals surface area contributed by atoms with E-state index in [1.165, 1.54) is 0 Å². The highest BCUT2D eigenvalue weighted by Gasteiger charge is 2.25. The van der Waals surface area contributed by atoms with Crippen LogP contribution in [0, 0.1) is 11.8 Å². The first-order valence-corrected chi connectivity index (χ1v) is 5.53. The van der Waals surface area contributed by atoms with Gasteiger partial charge in [0.15, 0.2) is 0 Å². The summed E-state index contributed by atoms with van der Waals surface area (Å²) in [6, 6.07) is 0. The monoisotopic (exact) mass is 201 g/mol. The molecule has 1 saturated heterocycles. The van der Waals surface area contributed by atoms with E-state index in [0.29, 0.717) is 12.5 Å². The molecule has 0 amide bonds. The van der Waals surface area contributed by atoms with Gasteiger partial charge in [-0.15, -0.1) is 0 Å². The van der Waals surface area contributed by atoms with Gasteiger partial charge in [-0.05, 0) is 25.2 Å². The molecular weight excluding hydrogens is 178 g/mol. The first kappa shape index (κ1) is 12.0. The minimum atomic E-state index is -0.598. The van der Waals surface area contributed by atoms with E-state index in [0.717, 1.165) is 26.2 Å². The Labute approximate surface area is 86.8 Å². The van der Waals surface area contributed by atoms with Crippen LogP contribution in [0.3, 0.4) is 0 Å². The summed E-state index contributed by atoms with van der Waals surface area (Å²) in [5.74, 6) is 0.924. The number of hydrogen-bond donors (Lipinski definition) is 2. The molecule has 1 heterocycles. The van der Waals surface area contributed by atoms with Gasteiger partial charge in [-0.2, -0.15) is 0 Å². The molecule has 0 aromatic rings. The minimum Gasteiger partial charge on any atom is -0.389 e. The Morgan fingerprint density at radius 1 is 1.57 bits per heavy atom. The Morgan fingerprint density at radius 2 is 2.29 bits per heavy atom. The van der Waals surface area contributed by atoms with Crippen LogP contribution in [0.4, 0.5) is 0 Å². The summed E-state index contributed by atoms with van der Waals surface area (Å²) < 4.78 is 5.28. The topological polar surface area (TPSA) is 41.5 Å². The highest BCUT2D eigenvalue weighted by atomic mass is 16.5. The van der Waals surface area contributed by atoms with E-state index < -0.39 is 5.60 Å². The molecule has 0 spiro atoms. The second-order valence-corrected chi connectivity index (χ2v) is 4.87. The van der Waals surface area contributed by atoms with Crippen LogP contribution < -0.4 is 5.32 Å². The zero-order valence-corrected chi connectivity index (χ0v) is 9.55. The molecule has 0 aromatic carbocycles. The fraction of sp³-hybridized carbons (Fsp3) is 1.00. The molecule has 0 aliphatic carbocycles. The van der Waals surface area contributed by atoms with Crippen molar-refractivity contribution in [2.45, 2.75) is 32.8 Å². The van der Waals surface area contributed by atoms with Crippen LogP contribution in [-0.4, -0.2) is 37.0 Å². The lowest BCUT2D eigenvalue weighted by Gasteiger charge is -2.28. The van der Waals surface area contributed by atoms with Crippen molar-refractivity contribution in [1.82, 2.24) is 5.32 Å².